The van der Waals surface area contributed by atoms with E-state index in [0.717, 1.165) is 0 Å². The lowest BCUT2D eigenvalue weighted by atomic mass is 9.86. The van der Waals surface area contributed by atoms with Gasteiger partial charge in [-0.05, 0) is 63.6 Å². The molecule has 0 fully saturated rings. The smallest absolute Gasteiger partial charge is 0.344 e. The second-order valence-electron chi connectivity index (χ2n) is 8.95. The number of nitrogens with one attached hydrogen (secondary N) is 1. The first-order valence-electron chi connectivity index (χ1n) is 11.9. The number of Topliss-reactive ketones (excluding diaryl/α,β-unsaturated/α-hetero) is 1. The minimum Gasteiger partial charge on any atom is -0.462 e. The van der Waals surface area contributed by atoms with Crippen molar-refractivity contribution >= 4 is 29.2 Å². The Morgan fingerprint density at radius 3 is 2.57 bits per heavy atom. The van der Waals surface area contributed by atoms with Crippen LogP contribution in [0.1, 0.15) is 49.2 Å². The molecule has 0 spiro atoms. The highest BCUT2D eigenvalue weighted by Crippen LogP contribution is 2.36. The van der Waals surface area contributed by atoms with Crippen molar-refractivity contribution in [2.24, 2.45) is 10.9 Å². The maximum absolute atomic E-state index is 13.1. The Morgan fingerprint density at radius 2 is 1.92 bits per heavy atom. The monoisotopic (exact) mass is 512 g/mol. The summed E-state index contributed by atoms with van der Waals surface area (Å²) in [5.74, 6) is -2.15. The third kappa shape index (κ3) is 7.04. The number of amides is 2. The molecule has 10 nitrogen and oxygen atoms in total. The number of urea groups is 1. The number of carbonyl (C=O) groups excluding carboxylic acids is 3. The van der Waals surface area contributed by atoms with E-state index in [2.05, 4.69) is 10.3 Å². The third-order valence-corrected chi connectivity index (χ3v) is 5.85. The molecule has 0 aromatic heterocycles. The Kier molecular flexibility index (Phi) is 9.18. The number of ether oxygens (including phenoxy) is 1. The number of nitro groups is 1. The topological polar surface area (TPSA) is 131 Å². The number of rotatable bonds is 11. The van der Waals surface area contributed by atoms with Crippen molar-refractivity contribution in [1.82, 2.24) is 10.2 Å². The summed E-state index contributed by atoms with van der Waals surface area (Å²) in [6.45, 7) is 5.53. The largest absolute Gasteiger partial charge is 0.462 e. The van der Waals surface area contributed by atoms with Crippen LogP contribution in [0.2, 0.25) is 0 Å². The zero-order valence-electron chi connectivity index (χ0n) is 20.8. The fourth-order valence-corrected chi connectivity index (χ4v) is 4.16. The fourth-order valence-electron chi connectivity index (χ4n) is 4.16. The summed E-state index contributed by atoms with van der Waals surface area (Å²) in [7, 11) is 0. The van der Waals surface area contributed by atoms with E-state index >= 15 is 0 Å². The number of halogens is 1. The Balaban J connectivity index is 1.76. The zero-order valence-corrected chi connectivity index (χ0v) is 20.8. The number of ketones is 1. The summed E-state index contributed by atoms with van der Waals surface area (Å²) >= 11 is 0. The molecule has 11 heteroatoms. The number of hydrogen-bond acceptors (Lipinski definition) is 7. The van der Waals surface area contributed by atoms with E-state index in [0.29, 0.717) is 24.1 Å². The van der Waals surface area contributed by atoms with E-state index in [-0.39, 0.29) is 30.3 Å². The number of non-ortho nitro benzene ring substituents is 1. The molecular formula is C26H29FN4O6. The standard InChI is InChI=1S/C26H29FN4O6/c1-16(2)37-25(33)23-17(3)29-26(34)30(24(23)19-6-4-7-21(14-19)31(35)36)13-5-12-28-15-22(32)18-8-10-20(27)11-9-18/h4,6-11,14,16,23-24,28H,5,12-13,15H2,1-3H3. The van der Waals surface area contributed by atoms with Gasteiger partial charge in [0.05, 0.1) is 23.6 Å². The highest BCUT2D eigenvalue weighted by molar-refractivity contribution is 6.08. The number of hydrogen-bond donors (Lipinski definition) is 1. The number of carbonyl (C=O) groups is 3. The molecule has 0 radical (unpaired) electrons. The number of nitrogens with zero attached hydrogens (tertiary/aromatic N) is 3. The fraction of sp³-hybridized carbons (Fsp3) is 0.385. The van der Waals surface area contributed by atoms with Crippen LogP contribution in [0.15, 0.2) is 53.5 Å². The Hall–Kier alpha value is -3.99. The van der Waals surface area contributed by atoms with Gasteiger partial charge in [-0.1, -0.05) is 12.1 Å². The molecule has 2 unspecified atom stereocenters. The van der Waals surface area contributed by atoms with Gasteiger partial charge in [-0.2, -0.15) is 0 Å². The molecule has 2 amide bonds. The maximum Gasteiger partial charge on any atom is 0.344 e. The van der Waals surface area contributed by atoms with Crippen molar-refractivity contribution in [3.05, 3.63) is 75.6 Å². The lowest BCUT2D eigenvalue weighted by Gasteiger charge is -2.38. The molecule has 196 valence electrons. The van der Waals surface area contributed by atoms with Crippen LogP contribution in [0.4, 0.5) is 14.9 Å². The lowest BCUT2D eigenvalue weighted by Crippen LogP contribution is -2.48. The molecule has 2 aromatic rings. The highest BCUT2D eigenvalue weighted by Gasteiger charge is 2.43. The molecule has 1 aliphatic heterocycles. The minimum atomic E-state index is -0.935. The van der Waals surface area contributed by atoms with Crippen molar-refractivity contribution in [1.29, 1.82) is 0 Å². The van der Waals surface area contributed by atoms with Crippen LogP contribution in [0.25, 0.3) is 0 Å². The van der Waals surface area contributed by atoms with Gasteiger partial charge in [0.15, 0.2) is 5.78 Å². The van der Waals surface area contributed by atoms with Crippen molar-refractivity contribution in [3.63, 3.8) is 0 Å². The molecule has 0 bridgehead atoms. The molecule has 3 rings (SSSR count). The van der Waals surface area contributed by atoms with Crippen molar-refractivity contribution in [2.45, 2.75) is 39.3 Å². The highest BCUT2D eigenvalue weighted by atomic mass is 19.1. The summed E-state index contributed by atoms with van der Waals surface area (Å²) in [5.41, 5.74) is 0.901. The average molecular weight is 513 g/mol. The number of nitro benzene ring substituents is 1. The van der Waals surface area contributed by atoms with Gasteiger partial charge in [-0.3, -0.25) is 19.7 Å². The van der Waals surface area contributed by atoms with Crippen LogP contribution in [0.5, 0.6) is 0 Å². The van der Waals surface area contributed by atoms with Crippen molar-refractivity contribution in [2.75, 3.05) is 19.6 Å². The Morgan fingerprint density at radius 1 is 1.22 bits per heavy atom. The van der Waals surface area contributed by atoms with Crippen LogP contribution in [0, 0.1) is 21.8 Å². The summed E-state index contributed by atoms with van der Waals surface area (Å²) in [4.78, 5) is 54.5. The molecule has 0 saturated carbocycles. The molecule has 1 N–H and O–H groups in total. The van der Waals surface area contributed by atoms with E-state index in [4.69, 9.17) is 4.74 Å². The van der Waals surface area contributed by atoms with Gasteiger partial charge >= 0.3 is 12.0 Å². The molecule has 2 aromatic carbocycles. The molecule has 1 aliphatic rings. The zero-order chi connectivity index (χ0) is 27.1. The first-order valence-corrected chi connectivity index (χ1v) is 11.9. The van der Waals surface area contributed by atoms with E-state index < -0.39 is 40.8 Å². The minimum absolute atomic E-state index is 0.0223. The second-order valence-corrected chi connectivity index (χ2v) is 8.95. The first kappa shape index (κ1) is 27.6. The summed E-state index contributed by atoms with van der Waals surface area (Å²) in [6.07, 6.45) is 0.00830. The van der Waals surface area contributed by atoms with Gasteiger partial charge in [0.2, 0.25) is 0 Å². The molecule has 37 heavy (non-hydrogen) atoms. The van der Waals surface area contributed by atoms with Crippen molar-refractivity contribution < 1.29 is 28.4 Å². The number of benzene rings is 2. The summed E-state index contributed by atoms with van der Waals surface area (Å²) in [6, 6.07) is 9.65. The quantitative estimate of drug-likeness (QED) is 0.158. The van der Waals surface area contributed by atoms with Gasteiger partial charge in [0.25, 0.3) is 5.69 Å². The predicted molar refractivity (Wildman–Crippen MR) is 134 cm³/mol. The Bertz CT molecular complexity index is 1200. The third-order valence-electron chi connectivity index (χ3n) is 5.85. The normalized spacial score (nSPS) is 17.5. The van der Waals surface area contributed by atoms with E-state index in [1.54, 1.807) is 26.8 Å². The predicted octanol–water partition coefficient (Wildman–Crippen LogP) is 4.10. The lowest BCUT2D eigenvalue weighted by molar-refractivity contribution is -0.385. The van der Waals surface area contributed by atoms with Crippen LogP contribution in [0.3, 0.4) is 0 Å². The summed E-state index contributed by atoms with van der Waals surface area (Å²) < 4.78 is 18.5. The molecule has 1 heterocycles. The second kappa shape index (κ2) is 12.3. The molecule has 0 saturated heterocycles. The van der Waals surface area contributed by atoms with Gasteiger partial charge in [0.1, 0.15) is 11.7 Å². The van der Waals surface area contributed by atoms with E-state index in [9.17, 15) is 28.9 Å². The van der Waals surface area contributed by atoms with E-state index in [1.807, 2.05) is 0 Å². The van der Waals surface area contributed by atoms with E-state index in [1.165, 1.54) is 47.4 Å². The van der Waals surface area contributed by atoms with Crippen molar-refractivity contribution in [3.8, 4) is 0 Å². The Labute approximate surface area is 213 Å². The van der Waals surface area contributed by atoms with Gasteiger partial charge < -0.3 is 15.0 Å². The maximum atomic E-state index is 13.1. The van der Waals surface area contributed by atoms with Gasteiger partial charge in [-0.25, -0.2) is 14.2 Å². The number of esters is 1. The molecule has 0 aliphatic carbocycles. The van der Waals surface area contributed by atoms with Crippen LogP contribution >= 0.6 is 0 Å². The van der Waals surface area contributed by atoms with Crippen LogP contribution < -0.4 is 5.32 Å². The molecule has 2 atom stereocenters. The van der Waals surface area contributed by atoms with Crippen LogP contribution in [-0.4, -0.2) is 59.1 Å². The summed E-state index contributed by atoms with van der Waals surface area (Å²) in [5, 5.41) is 14.4. The van der Waals surface area contributed by atoms with Gasteiger partial charge in [0, 0.05) is 30.0 Å². The molecular weight excluding hydrogens is 483 g/mol. The van der Waals surface area contributed by atoms with Gasteiger partial charge in [-0.15, -0.1) is 0 Å². The number of aliphatic imine (C=N–C) groups is 1. The van der Waals surface area contributed by atoms with Crippen LogP contribution in [-0.2, 0) is 9.53 Å². The first-order chi connectivity index (χ1) is 17.6. The average Bonchev–Trinajstić information content (AvgIpc) is 2.84. The SMILES string of the molecule is CC1=NC(=O)N(CCCNCC(=O)c2ccc(F)cc2)C(c2cccc([N+](=O)[O-])c2)C1C(=O)OC(C)C.